The lowest BCUT2D eigenvalue weighted by Crippen LogP contribution is -2.18. The summed E-state index contributed by atoms with van der Waals surface area (Å²) in [5.74, 6) is 0.552. The highest BCUT2D eigenvalue weighted by atomic mass is 16.5. The first kappa shape index (κ1) is 31.3. The zero-order valence-corrected chi connectivity index (χ0v) is 26.6. The largest absolute Gasteiger partial charge is 0.493 e. The molecule has 5 rings (SSSR count). The van der Waals surface area contributed by atoms with Gasteiger partial charge in [0, 0.05) is 41.2 Å². The fraction of sp³-hybridized carbons (Fsp3) is 0.389. The summed E-state index contributed by atoms with van der Waals surface area (Å²) in [5, 5.41) is 18.2. The normalized spacial score (nSPS) is 11.6. The number of para-hydroxylation sites is 1. The first-order valence-electron chi connectivity index (χ1n) is 15.6. The topological polar surface area (TPSA) is 81.8 Å². The highest BCUT2D eigenvalue weighted by Crippen LogP contribution is 2.39. The summed E-state index contributed by atoms with van der Waals surface area (Å²) in [5.41, 5.74) is 6.16. The molecule has 2 heterocycles. The molecule has 0 aliphatic carbocycles. The summed E-state index contributed by atoms with van der Waals surface area (Å²) in [7, 11) is 6.04. The molecule has 0 atom stereocenters. The average molecular weight is 597 g/mol. The van der Waals surface area contributed by atoms with Crippen molar-refractivity contribution in [2.24, 2.45) is 7.05 Å². The van der Waals surface area contributed by atoms with Crippen LogP contribution in [0.4, 0.5) is 0 Å². The van der Waals surface area contributed by atoms with E-state index in [1.807, 2.05) is 49.0 Å². The number of aryl methyl sites for hydroxylation is 3. The molecule has 44 heavy (non-hydrogen) atoms. The molecule has 1 N–H and O–H groups in total. The Bertz CT molecular complexity index is 1750. The second-order valence-electron chi connectivity index (χ2n) is 11.4. The summed E-state index contributed by atoms with van der Waals surface area (Å²) < 4.78 is 16.0. The molecule has 232 valence electrons. The van der Waals surface area contributed by atoms with Gasteiger partial charge >= 0.3 is 5.97 Å². The number of carbonyl (C=O) groups is 1. The van der Waals surface area contributed by atoms with Crippen molar-refractivity contribution in [3.05, 3.63) is 83.3 Å². The van der Waals surface area contributed by atoms with E-state index >= 15 is 0 Å². The molecule has 8 nitrogen and oxygen atoms in total. The smallest absolute Gasteiger partial charge is 0.355 e. The molecular formula is C36H44N4O4. The lowest BCUT2D eigenvalue weighted by Gasteiger charge is -2.16. The molecule has 0 saturated heterocycles. The predicted octanol–water partition coefficient (Wildman–Crippen LogP) is 6.39. The standard InChI is InChI=1S/C36H44N4O4/c1-6-31-33(30(24-41)37-39(31)5)29-18-11-17-27-28(19-12-23-44-32-20-10-15-25-14-8-9-16-26(25)32)35(36(42)43-7-2)40(34(27)29)22-13-21-38(3)4/h8-11,14-18,20,41H,6-7,12-13,19,21-24H2,1-5H3. The number of hydrogen-bond donors (Lipinski definition) is 1. The van der Waals surface area contributed by atoms with Gasteiger partial charge in [0.2, 0.25) is 0 Å². The maximum absolute atomic E-state index is 13.7. The minimum absolute atomic E-state index is 0.163. The van der Waals surface area contributed by atoms with Crippen LogP contribution in [0.1, 0.15) is 54.1 Å². The third kappa shape index (κ3) is 6.23. The van der Waals surface area contributed by atoms with Gasteiger partial charge in [-0.2, -0.15) is 5.10 Å². The SMILES string of the molecule is CCOC(=O)c1c(CCCOc2cccc3ccccc23)c2cccc(-c3c(CO)nn(C)c3CC)c2n1CCCN(C)C. The fourth-order valence-electron chi connectivity index (χ4n) is 6.34. The van der Waals surface area contributed by atoms with Gasteiger partial charge in [-0.3, -0.25) is 4.68 Å². The Morgan fingerprint density at radius 3 is 2.48 bits per heavy atom. The van der Waals surface area contributed by atoms with E-state index in [0.29, 0.717) is 37.6 Å². The van der Waals surface area contributed by atoms with Crippen LogP contribution in [0.15, 0.2) is 60.7 Å². The van der Waals surface area contributed by atoms with Gasteiger partial charge in [0.05, 0.1) is 31.0 Å². The Labute approximate surface area is 259 Å². The van der Waals surface area contributed by atoms with Crippen molar-refractivity contribution in [1.82, 2.24) is 19.2 Å². The van der Waals surface area contributed by atoms with Crippen LogP contribution in [0.25, 0.3) is 32.8 Å². The summed E-state index contributed by atoms with van der Waals surface area (Å²) >= 11 is 0. The molecule has 2 aromatic heterocycles. The van der Waals surface area contributed by atoms with Gasteiger partial charge < -0.3 is 24.0 Å². The number of fused-ring (bicyclic) bond motifs is 2. The fourth-order valence-corrected chi connectivity index (χ4v) is 6.34. The number of benzene rings is 3. The van der Waals surface area contributed by atoms with Gasteiger partial charge in [-0.1, -0.05) is 61.5 Å². The number of aliphatic hydroxyl groups is 1. The van der Waals surface area contributed by atoms with Crippen LogP contribution >= 0.6 is 0 Å². The van der Waals surface area contributed by atoms with Crippen molar-refractivity contribution in [1.29, 1.82) is 0 Å². The summed E-state index contributed by atoms with van der Waals surface area (Å²) in [4.78, 5) is 15.9. The molecule has 0 radical (unpaired) electrons. The van der Waals surface area contributed by atoms with Crippen LogP contribution in [-0.2, 0) is 37.8 Å². The van der Waals surface area contributed by atoms with Gasteiger partial charge in [-0.15, -0.1) is 0 Å². The summed E-state index contributed by atoms with van der Waals surface area (Å²) in [6, 6.07) is 20.6. The second kappa shape index (κ2) is 14.1. The Balaban J connectivity index is 1.59. The van der Waals surface area contributed by atoms with Crippen molar-refractivity contribution in [3.8, 4) is 16.9 Å². The maximum Gasteiger partial charge on any atom is 0.355 e. The van der Waals surface area contributed by atoms with Crippen LogP contribution in [0, 0.1) is 0 Å². The van der Waals surface area contributed by atoms with E-state index in [9.17, 15) is 9.90 Å². The van der Waals surface area contributed by atoms with Crippen LogP contribution in [0.3, 0.4) is 0 Å². The van der Waals surface area contributed by atoms with Gasteiger partial charge in [0.15, 0.2) is 0 Å². The third-order valence-corrected chi connectivity index (χ3v) is 8.21. The quantitative estimate of drug-likeness (QED) is 0.118. The molecule has 0 amide bonds. The minimum Gasteiger partial charge on any atom is -0.493 e. The Morgan fingerprint density at radius 1 is 0.977 bits per heavy atom. The third-order valence-electron chi connectivity index (χ3n) is 8.21. The zero-order chi connectivity index (χ0) is 31.2. The lowest BCUT2D eigenvalue weighted by atomic mass is 9.97. The molecular weight excluding hydrogens is 552 g/mol. The maximum atomic E-state index is 13.7. The van der Waals surface area contributed by atoms with Crippen LogP contribution in [0.5, 0.6) is 5.75 Å². The Morgan fingerprint density at radius 2 is 1.73 bits per heavy atom. The molecule has 0 fully saturated rings. The van der Waals surface area contributed by atoms with Gasteiger partial charge in [-0.05, 0) is 70.3 Å². The lowest BCUT2D eigenvalue weighted by molar-refractivity contribution is 0.0512. The van der Waals surface area contributed by atoms with E-state index in [-0.39, 0.29) is 12.6 Å². The molecule has 0 bridgehead atoms. The number of nitrogens with zero attached hydrogens (tertiary/aromatic N) is 4. The van der Waals surface area contributed by atoms with Crippen LogP contribution < -0.4 is 4.74 Å². The monoisotopic (exact) mass is 596 g/mol. The summed E-state index contributed by atoms with van der Waals surface area (Å²) in [6.07, 6.45) is 3.01. The van der Waals surface area contributed by atoms with Crippen LogP contribution in [-0.4, -0.2) is 64.2 Å². The summed E-state index contributed by atoms with van der Waals surface area (Å²) in [6.45, 7) is 6.13. The number of aromatic nitrogens is 3. The van der Waals surface area contributed by atoms with Gasteiger partial charge in [-0.25, -0.2) is 4.79 Å². The van der Waals surface area contributed by atoms with Crippen molar-refractivity contribution >= 4 is 27.6 Å². The molecule has 0 aliphatic heterocycles. The number of esters is 1. The van der Waals surface area contributed by atoms with Crippen molar-refractivity contribution in [2.75, 3.05) is 33.9 Å². The molecule has 0 spiro atoms. The van der Waals surface area contributed by atoms with E-state index in [4.69, 9.17) is 9.47 Å². The van der Waals surface area contributed by atoms with Crippen LogP contribution in [0.2, 0.25) is 0 Å². The minimum atomic E-state index is -0.311. The number of aliphatic hydroxyl groups excluding tert-OH is 1. The molecule has 3 aromatic carbocycles. The number of hydrogen-bond acceptors (Lipinski definition) is 6. The van der Waals surface area contributed by atoms with E-state index < -0.39 is 0 Å². The molecule has 5 aromatic rings. The van der Waals surface area contributed by atoms with Crippen molar-refractivity contribution in [3.63, 3.8) is 0 Å². The molecule has 0 unspecified atom stereocenters. The van der Waals surface area contributed by atoms with E-state index in [0.717, 1.165) is 75.6 Å². The molecule has 8 heteroatoms. The van der Waals surface area contributed by atoms with Crippen molar-refractivity contribution < 1.29 is 19.4 Å². The van der Waals surface area contributed by atoms with E-state index in [2.05, 4.69) is 65.9 Å². The van der Waals surface area contributed by atoms with Gasteiger partial charge in [0.1, 0.15) is 11.4 Å². The highest BCUT2D eigenvalue weighted by Gasteiger charge is 2.27. The Hall–Kier alpha value is -4.14. The second-order valence-corrected chi connectivity index (χ2v) is 11.4. The molecule has 0 aliphatic rings. The zero-order valence-electron chi connectivity index (χ0n) is 26.6. The number of rotatable bonds is 14. The van der Waals surface area contributed by atoms with Gasteiger partial charge in [0.25, 0.3) is 0 Å². The first-order chi connectivity index (χ1) is 21.4. The number of carbonyl (C=O) groups excluding carboxylic acids is 1. The van der Waals surface area contributed by atoms with E-state index in [1.165, 1.54) is 0 Å². The highest BCUT2D eigenvalue weighted by molar-refractivity contribution is 6.05. The average Bonchev–Trinajstić information content (AvgIpc) is 3.52. The van der Waals surface area contributed by atoms with Crippen molar-refractivity contribution in [2.45, 2.75) is 52.7 Å². The Kier molecular flexibility index (Phi) is 10.0. The predicted molar refractivity (Wildman–Crippen MR) is 176 cm³/mol. The first-order valence-corrected chi connectivity index (χ1v) is 15.6. The molecule has 0 saturated carbocycles. The van der Waals surface area contributed by atoms with E-state index in [1.54, 1.807) is 0 Å². The number of ether oxygens (including phenoxy) is 2.